The molecule has 1 aliphatic rings. The third kappa shape index (κ3) is 5.22. The molecule has 1 aliphatic heterocycles. The van der Waals surface area contributed by atoms with Gasteiger partial charge in [0.1, 0.15) is 11.6 Å². The molecule has 8 heteroatoms. The summed E-state index contributed by atoms with van der Waals surface area (Å²) < 4.78 is 10.3. The van der Waals surface area contributed by atoms with Crippen LogP contribution in [0.25, 0.3) is 0 Å². The molecule has 2 aromatic heterocycles. The first-order valence-corrected chi connectivity index (χ1v) is 9.10. The summed E-state index contributed by atoms with van der Waals surface area (Å²) in [4.78, 5) is 30.2. The molecular weight excluding hydrogens is 348 g/mol. The molecule has 0 radical (unpaired) electrons. The Morgan fingerprint density at radius 1 is 1.33 bits per heavy atom. The molecule has 3 heterocycles. The Morgan fingerprint density at radius 2 is 2.15 bits per heavy atom. The molecule has 0 saturated carbocycles. The van der Waals surface area contributed by atoms with Crippen LogP contribution in [0.15, 0.2) is 41.1 Å². The topological polar surface area (TPSA) is 96.7 Å². The fourth-order valence-corrected chi connectivity index (χ4v) is 2.95. The number of piperidine rings is 1. The maximum absolute atomic E-state index is 12.5. The molecule has 0 unspecified atom stereocenters. The number of amides is 2. The number of carbonyl (C=O) groups excluding carboxylic acids is 2. The molecule has 2 amide bonds. The molecule has 1 fully saturated rings. The highest BCUT2D eigenvalue weighted by Gasteiger charge is 2.24. The van der Waals surface area contributed by atoms with Crippen molar-refractivity contribution in [3.8, 4) is 0 Å². The van der Waals surface area contributed by atoms with Crippen molar-refractivity contribution >= 4 is 17.8 Å². The van der Waals surface area contributed by atoms with Gasteiger partial charge in [-0.2, -0.15) is 0 Å². The summed E-state index contributed by atoms with van der Waals surface area (Å²) in [5.74, 6) is 1.25. The van der Waals surface area contributed by atoms with Crippen LogP contribution in [0, 0.1) is 0 Å². The molecule has 0 spiro atoms. The van der Waals surface area contributed by atoms with Crippen molar-refractivity contribution in [3.63, 3.8) is 0 Å². The van der Waals surface area contributed by atoms with Crippen molar-refractivity contribution in [2.75, 3.05) is 25.0 Å². The number of pyridine rings is 1. The highest BCUT2D eigenvalue weighted by atomic mass is 16.6. The van der Waals surface area contributed by atoms with Gasteiger partial charge in [-0.1, -0.05) is 0 Å². The Labute approximate surface area is 157 Å². The quantitative estimate of drug-likeness (QED) is 0.809. The fraction of sp³-hybridized carbons (Fsp3) is 0.421. The van der Waals surface area contributed by atoms with Gasteiger partial charge in [0.05, 0.1) is 19.4 Å². The number of hydrogen-bond donors (Lipinski definition) is 2. The average Bonchev–Trinajstić information content (AvgIpc) is 3.21. The van der Waals surface area contributed by atoms with Crippen LogP contribution in [0.2, 0.25) is 0 Å². The second-order valence-corrected chi connectivity index (χ2v) is 6.30. The molecule has 0 aliphatic carbocycles. The Morgan fingerprint density at radius 3 is 2.85 bits per heavy atom. The molecule has 1 saturated heterocycles. The molecule has 0 aromatic carbocycles. The van der Waals surface area contributed by atoms with Crippen molar-refractivity contribution < 1.29 is 18.7 Å². The van der Waals surface area contributed by atoms with Crippen LogP contribution >= 0.6 is 0 Å². The molecular formula is C19H24N4O4. The SMILES string of the molecule is CCOC(=O)N1CCC(NC(=O)c2ccnc(NCc3ccco3)c2)CC1. The van der Waals surface area contributed by atoms with Gasteiger partial charge in [0.15, 0.2) is 0 Å². The number of anilines is 1. The van der Waals surface area contributed by atoms with Crippen LogP contribution < -0.4 is 10.6 Å². The van der Waals surface area contributed by atoms with Gasteiger partial charge in [-0.15, -0.1) is 0 Å². The number of nitrogens with zero attached hydrogens (tertiary/aromatic N) is 2. The predicted molar refractivity (Wildman–Crippen MR) is 99.4 cm³/mol. The summed E-state index contributed by atoms with van der Waals surface area (Å²) in [5, 5.41) is 6.16. The minimum absolute atomic E-state index is 0.0378. The number of nitrogens with one attached hydrogen (secondary N) is 2. The molecule has 144 valence electrons. The fourth-order valence-electron chi connectivity index (χ4n) is 2.95. The zero-order valence-electron chi connectivity index (χ0n) is 15.3. The summed E-state index contributed by atoms with van der Waals surface area (Å²) in [6.45, 7) is 3.81. The number of hydrogen-bond acceptors (Lipinski definition) is 6. The average molecular weight is 372 g/mol. The summed E-state index contributed by atoms with van der Waals surface area (Å²) in [5.41, 5.74) is 0.541. The normalized spacial score (nSPS) is 14.6. The second kappa shape index (κ2) is 9.07. The van der Waals surface area contributed by atoms with Crippen molar-refractivity contribution in [2.24, 2.45) is 0 Å². The number of carbonyl (C=O) groups is 2. The third-order valence-electron chi connectivity index (χ3n) is 4.40. The largest absolute Gasteiger partial charge is 0.467 e. The number of ether oxygens (including phenoxy) is 1. The standard InChI is InChI=1S/C19H24N4O4/c1-2-26-19(25)23-9-6-15(7-10-23)22-18(24)14-5-8-20-17(12-14)21-13-16-4-3-11-27-16/h3-5,8,11-12,15H,2,6-7,9-10,13H2,1H3,(H,20,21)(H,22,24). The van der Waals surface area contributed by atoms with E-state index in [0.717, 1.165) is 5.76 Å². The Balaban J connectivity index is 1.49. The monoisotopic (exact) mass is 372 g/mol. The van der Waals surface area contributed by atoms with E-state index in [1.165, 1.54) is 0 Å². The van der Waals surface area contributed by atoms with Crippen LogP contribution in [0.1, 0.15) is 35.9 Å². The minimum Gasteiger partial charge on any atom is -0.467 e. The van der Waals surface area contributed by atoms with Crippen LogP contribution in [0.5, 0.6) is 0 Å². The number of rotatable bonds is 6. The third-order valence-corrected chi connectivity index (χ3v) is 4.40. The number of aromatic nitrogens is 1. The summed E-state index contributed by atoms with van der Waals surface area (Å²) in [6, 6.07) is 7.12. The highest BCUT2D eigenvalue weighted by molar-refractivity contribution is 5.95. The lowest BCUT2D eigenvalue weighted by Crippen LogP contribution is -2.46. The zero-order chi connectivity index (χ0) is 19.1. The molecule has 8 nitrogen and oxygen atoms in total. The van der Waals surface area contributed by atoms with Crippen molar-refractivity contribution in [3.05, 3.63) is 48.0 Å². The van der Waals surface area contributed by atoms with Crippen LogP contribution in [-0.4, -0.2) is 47.6 Å². The summed E-state index contributed by atoms with van der Waals surface area (Å²) >= 11 is 0. The summed E-state index contributed by atoms with van der Waals surface area (Å²) in [7, 11) is 0. The Bertz CT molecular complexity index is 755. The van der Waals surface area contributed by atoms with Crippen LogP contribution in [0.4, 0.5) is 10.6 Å². The molecule has 2 aromatic rings. The second-order valence-electron chi connectivity index (χ2n) is 6.30. The maximum Gasteiger partial charge on any atom is 0.409 e. The molecule has 3 rings (SSSR count). The van der Waals surface area contributed by atoms with E-state index in [0.29, 0.717) is 50.5 Å². The number of likely N-dealkylation sites (tertiary alicyclic amines) is 1. The molecule has 27 heavy (non-hydrogen) atoms. The van der Waals surface area contributed by atoms with E-state index in [1.807, 2.05) is 12.1 Å². The van der Waals surface area contributed by atoms with Crippen LogP contribution in [0.3, 0.4) is 0 Å². The first-order chi connectivity index (χ1) is 13.2. The van der Waals surface area contributed by atoms with E-state index < -0.39 is 0 Å². The van der Waals surface area contributed by atoms with Gasteiger partial charge in [-0.3, -0.25) is 4.79 Å². The predicted octanol–water partition coefficient (Wildman–Crippen LogP) is 2.64. The van der Waals surface area contributed by atoms with Crippen molar-refractivity contribution in [1.82, 2.24) is 15.2 Å². The van der Waals surface area contributed by atoms with E-state index in [9.17, 15) is 9.59 Å². The van der Waals surface area contributed by atoms with Crippen molar-refractivity contribution in [2.45, 2.75) is 32.4 Å². The van der Waals surface area contributed by atoms with Gasteiger partial charge < -0.3 is 24.7 Å². The minimum atomic E-state index is -0.288. The van der Waals surface area contributed by atoms with Gasteiger partial charge in [-0.25, -0.2) is 9.78 Å². The van der Waals surface area contributed by atoms with Gasteiger partial charge in [0.2, 0.25) is 0 Å². The Kier molecular flexibility index (Phi) is 6.30. The lowest BCUT2D eigenvalue weighted by Gasteiger charge is -2.31. The number of furan rings is 1. The lowest BCUT2D eigenvalue weighted by atomic mass is 10.0. The van der Waals surface area contributed by atoms with Gasteiger partial charge >= 0.3 is 6.09 Å². The zero-order valence-corrected chi connectivity index (χ0v) is 15.3. The van der Waals surface area contributed by atoms with Gasteiger partial charge in [0.25, 0.3) is 5.91 Å². The van der Waals surface area contributed by atoms with E-state index in [-0.39, 0.29) is 18.0 Å². The van der Waals surface area contributed by atoms with E-state index in [2.05, 4.69) is 15.6 Å². The lowest BCUT2D eigenvalue weighted by molar-refractivity contribution is 0.0860. The first-order valence-electron chi connectivity index (χ1n) is 9.10. The maximum atomic E-state index is 12.5. The van der Waals surface area contributed by atoms with Crippen molar-refractivity contribution in [1.29, 1.82) is 0 Å². The van der Waals surface area contributed by atoms with Gasteiger partial charge in [0, 0.05) is 30.9 Å². The smallest absolute Gasteiger partial charge is 0.409 e. The van der Waals surface area contributed by atoms with Crippen LogP contribution in [-0.2, 0) is 11.3 Å². The van der Waals surface area contributed by atoms with E-state index in [4.69, 9.17) is 9.15 Å². The highest BCUT2D eigenvalue weighted by Crippen LogP contribution is 2.14. The molecule has 0 bridgehead atoms. The molecule has 0 atom stereocenters. The Hall–Kier alpha value is -3.03. The van der Waals surface area contributed by atoms with Gasteiger partial charge in [-0.05, 0) is 44.0 Å². The summed E-state index contributed by atoms with van der Waals surface area (Å²) in [6.07, 6.45) is 4.34. The molecule has 2 N–H and O–H groups in total. The first kappa shape index (κ1) is 18.8. The van der Waals surface area contributed by atoms with E-state index >= 15 is 0 Å². The van der Waals surface area contributed by atoms with E-state index in [1.54, 1.807) is 36.4 Å².